The zero-order valence-electron chi connectivity index (χ0n) is 16.5. The molecule has 2 aliphatic heterocycles. The van der Waals surface area contributed by atoms with Crippen LogP contribution in [0.3, 0.4) is 0 Å². The van der Waals surface area contributed by atoms with Crippen LogP contribution in [-0.2, 0) is 19.1 Å². The maximum absolute atomic E-state index is 13.6. The summed E-state index contributed by atoms with van der Waals surface area (Å²) in [5, 5.41) is 3.90. The summed E-state index contributed by atoms with van der Waals surface area (Å²) < 4.78 is 5.43. The molecular formula is C22H25N2O4S+. The smallest absolute Gasteiger partial charge is 0.368 e. The Morgan fingerprint density at radius 3 is 2.52 bits per heavy atom. The van der Waals surface area contributed by atoms with E-state index in [-0.39, 0.29) is 24.5 Å². The molecule has 1 aromatic carbocycles. The van der Waals surface area contributed by atoms with Crippen molar-refractivity contribution in [2.24, 2.45) is 11.8 Å². The number of quaternary nitrogens is 1. The number of ether oxygens (including phenoxy) is 1. The van der Waals surface area contributed by atoms with E-state index in [1.807, 2.05) is 35.8 Å². The van der Waals surface area contributed by atoms with Gasteiger partial charge in [0.05, 0.1) is 17.2 Å². The largest absolute Gasteiger partial charge is 0.461 e. The number of fused-ring (bicyclic) bond motifs is 1. The average Bonchev–Trinajstić information content (AvgIpc) is 3.41. The highest BCUT2D eigenvalue weighted by atomic mass is 32.1. The number of carbonyl (C=O) groups excluding carboxylic acids is 3. The highest BCUT2D eigenvalue weighted by molar-refractivity contribution is 7.10. The summed E-state index contributed by atoms with van der Waals surface area (Å²) >= 11 is 1.55. The molecule has 2 N–H and O–H groups in total. The third-order valence-corrected chi connectivity index (χ3v) is 6.95. The van der Waals surface area contributed by atoms with Gasteiger partial charge in [-0.05, 0) is 36.9 Å². The van der Waals surface area contributed by atoms with Crippen molar-refractivity contribution in [2.75, 3.05) is 11.5 Å². The molecule has 4 rings (SSSR count). The second kappa shape index (κ2) is 7.72. The number of nitrogens with zero attached hydrogens (tertiary/aromatic N) is 1. The molecule has 2 aromatic rings. The second-order valence-corrected chi connectivity index (χ2v) is 8.55. The van der Waals surface area contributed by atoms with Gasteiger partial charge in [-0.1, -0.05) is 31.2 Å². The number of thiophene rings is 1. The lowest BCUT2D eigenvalue weighted by Crippen LogP contribution is -2.98. The number of para-hydroxylation sites is 1. The minimum atomic E-state index is -1.08. The van der Waals surface area contributed by atoms with Gasteiger partial charge in [0.15, 0.2) is 0 Å². The number of hydrogen-bond acceptors (Lipinski definition) is 5. The first kappa shape index (κ1) is 19.8. The molecule has 2 fully saturated rings. The lowest BCUT2D eigenvalue weighted by atomic mass is 9.77. The number of benzene rings is 1. The zero-order chi connectivity index (χ0) is 20.6. The maximum atomic E-state index is 13.6. The number of anilines is 1. The van der Waals surface area contributed by atoms with Crippen LogP contribution in [0.15, 0.2) is 47.8 Å². The predicted molar refractivity (Wildman–Crippen MR) is 109 cm³/mol. The third-order valence-electron chi connectivity index (χ3n) is 5.98. The highest BCUT2D eigenvalue weighted by Gasteiger charge is 2.72. The molecular weight excluding hydrogens is 388 g/mol. The van der Waals surface area contributed by atoms with Crippen molar-refractivity contribution < 1.29 is 24.4 Å². The van der Waals surface area contributed by atoms with Gasteiger partial charge < -0.3 is 10.1 Å². The molecule has 2 amide bonds. The molecule has 0 bridgehead atoms. The predicted octanol–water partition coefficient (Wildman–Crippen LogP) is 2.27. The Hall–Kier alpha value is -2.51. The summed E-state index contributed by atoms with van der Waals surface area (Å²) in [6, 6.07) is 12.6. The Morgan fingerprint density at radius 2 is 1.90 bits per heavy atom. The molecule has 4 atom stereocenters. The molecule has 1 aromatic heterocycles. The number of nitrogens with two attached hydrogens (primary N) is 1. The minimum absolute atomic E-state index is 0.233. The van der Waals surface area contributed by atoms with Crippen molar-refractivity contribution >= 4 is 34.8 Å². The molecule has 2 saturated heterocycles. The normalized spacial score (nSPS) is 28.6. The summed E-state index contributed by atoms with van der Waals surface area (Å²) in [6.07, 6.45) is 1.19. The first-order valence-electron chi connectivity index (χ1n) is 10.0. The molecule has 0 saturated carbocycles. The van der Waals surface area contributed by atoms with E-state index >= 15 is 0 Å². The number of amides is 2. The van der Waals surface area contributed by atoms with Crippen molar-refractivity contribution in [1.29, 1.82) is 0 Å². The van der Waals surface area contributed by atoms with Crippen molar-refractivity contribution in [3.63, 3.8) is 0 Å². The number of carbonyl (C=O) groups is 3. The summed E-state index contributed by atoms with van der Waals surface area (Å²) in [5.74, 6) is -2.25. The molecule has 29 heavy (non-hydrogen) atoms. The fourth-order valence-corrected chi connectivity index (χ4v) is 5.75. The molecule has 7 heteroatoms. The van der Waals surface area contributed by atoms with E-state index in [0.717, 1.165) is 4.88 Å². The molecule has 6 nitrogen and oxygen atoms in total. The summed E-state index contributed by atoms with van der Waals surface area (Å²) in [5.41, 5.74) is -0.531. The van der Waals surface area contributed by atoms with Gasteiger partial charge in [0, 0.05) is 6.42 Å². The van der Waals surface area contributed by atoms with Gasteiger partial charge in [-0.3, -0.25) is 9.59 Å². The van der Waals surface area contributed by atoms with Gasteiger partial charge in [-0.25, -0.2) is 9.69 Å². The minimum Gasteiger partial charge on any atom is -0.461 e. The molecule has 3 heterocycles. The van der Waals surface area contributed by atoms with Gasteiger partial charge in [0.25, 0.3) is 0 Å². The number of hydrogen-bond donors (Lipinski definition) is 1. The second-order valence-electron chi connectivity index (χ2n) is 7.57. The Balaban J connectivity index is 1.84. The van der Waals surface area contributed by atoms with Crippen LogP contribution in [0.25, 0.3) is 0 Å². The SMILES string of the molecule is CCC[C@]1(C(=O)OCC)[NH2+][C@@H](c2cccs2)[C@H]2C(=O)N(c3ccccc3)C(=O)[C@@H]21. The van der Waals surface area contributed by atoms with Crippen molar-refractivity contribution in [3.8, 4) is 0 Å². The summed E-state index contributed by atoms with van der Waals surface area (Å²) in [7, 11) is 0. The standard InChI is InChI=1S/C22H24N2O4S/c1-3-12-22(21(27)28-4-2)17-16(18(23-22)15-11-8-13-29-15)19(25)24(20(17)26)14-9-6-5-7-10-14/h5-11,13,16-18,23H,3-4,12H2,1-2H3/p+1/t16-,17+,18-,22-/m0/s1. The van der Waals surface area contributed by atoms with Crippen LogP contribution in [0.2, 0.25) is 0 Å². The third kappa shape index (κ3) is 3.00. The number of rotatable bonds is 6. The van der Waals surface area contributed by atoms with Gasteiger partial charge in [0.1, 0.15) is 17.9 Å². The maximum Gasteiger partial charge on any atom is 0.368 e. The molecule has 0 aliphatic carbocycles. The van der Waals surface area contributed by atoms with Crippen LogP contribution in [0.1, 0.15) is 37.6 Å². The molecule has 0 spiro atoms. The Morgan fingerprint density at radius 1 is 1.14 bits per heavy atom. The monoisotopic (exact) mass is 413 g/mol. The van der Waals surface area contributed by atoms with E-state index in [4.69, 9.17) is 4.74 Å². The Kier molecular flexibility index (Phi) is 5.27. The van der Waals surface area contributed by atoms with E-state index in [0.29, 0.717) is 18.5 Å². The van der Waals surface area contributed by atoms with Crippen LogP contribution < -0.4 is 10.2 Å². The Labute approximate surface area is 173 Å². The lowest BCUT2D eigenvalue weighted by Gasteiger charge is -2.29. The van der Waals surface area contributed by atoms with E-state index in [1.165, 1.54) is 4.90 Å². The molecule has 152 valence electrons. The number of esters is 1. The first-order chi connectivity index (χ1) is 14.0. The van der Waals surface area contributed by atoms with Gasteiger partial charge in [0.2, 0.25) is 17.4 Å². The highest BCUT2D eigenvalue weighted by Crippen LogP contribution is 2.47. The van der Waals surface area contributed by atoms with Crippen LogP contribution in [0.4, 0.5) is 5.69 Å². The van der Waals surface area contributed by atoms with Gasteiger partial charge >= 0.3 is 5.97 Å². The fraction of sp³-hybridized carbons (Fsp3) is 0.409. The Bertz CT molecular complexity index is 914. The van der Waals surface area contributed by atoms with Crippen LogP contribution in [0, 0.1) is 11.8 Å². The molecule has 0 unspecified atom stereocenters. The van der Waals surface area contributed by atoms with E-state index in [9.17, 15) is 14.4 Å². The van der Waals surface area contributed by atoms with Gasteiger partial charge in [-0.15, -0.1) is 11.3 Å². The van der Waals surface area contributed by atoms with Crippen LogP contribution >= 0.6 is 11.3 Å². The first-order valence-corrected chi connectivity index (χ1v) is 10.9. The fourth-order valence-electron chi connectivity index (χ4n) is 4.91. The van der Waals surface area contributed by atoms with Crippen LogP contribution in [0.5, 0.6) is 0 Å². The number of imide groups is 1. The quantitative estimate of drug-likeness (QED) is 0.582. The summed E-state index contributed by atoms with van der Waals surface area (Å²) in [6.45, 7) is 3.99. The van der Waals surface area contributed by atoms with Crippen molar-refractivity contribution in [3.05, 3.63) is 52.7 Å². The topological polar surface area (TPSA) is 80.3 Å². The van der Waals surface area contributed by atoms with E-state index in [2.05, 4.69) is 0 Å². The van der Waals surface area contributed by atoms with Crippen molar-refractivity contribution in [2.45, 2.75) is 38.3 Å². The van der Waals surface area contributed by atoms with E-state index in [1.54, 1.807) is 42.5 Å². The van der Waals surface area contributed by atoms with Crippen molar-refractivity contribution in [1.82, 2.24) is 0 Å². The van der Waals surface area contributed by atoms with E-state index < -0.39 is 23.3 Å². The lowest BCUT2D eigenvalue weighted by molar-refractivity contribution is -0.734. The molecule has 0 radical (unpaired) electrons. The summed E-state index contributed by atoms with van der Waals surface area (Å²) in [4.78, 5) is 42.6. The zero-order valence-corrected chi connectivity index (χ0v) is 17.4. The molecule has 2 aliphatic rings. The van der Waals surface area contributed by atoms with Gasteiger partial charge in [-0.2, -0.15) is 0 Å². The average molecular weight is 414 g/mol. The van der Waals surface area contributed by atoms with Crippen LogP contribution in [-0.4, -0.2) is 29.9 Å².